The van der Waals surface area contributed by atoms with Gasteiger partial charge >= 0.3 is 5.97 Å². The molecule has 18 heavy (non-hydrogen) atoms. The highest BCUT2D eigenvalue weighted by molar-refractivity contribution is 5.83. The Morgan fingerprint density at radius 2 is 2.11 bits per heavy atom. The second-order valence-electron chi connectivity index (χ2n) is 4.98. The van der Waals surface area contributed by atoms with Crippen LogP contribution in [0.4, 0.5) is 0 Å². The molecule has 1 aromatic rings. The molecule has 0 aromatic heterocycles. The van der Waals surface area contributed by atoms with Gasteiger partial charge in [-0.25, -0.2) is 0 Å². The van der Waals surface area contributed by atoms with Crippen LogP contribution in [0.15, 0.2) is 36.4 Å². The molecule has 0 radical (unpaired) electrons. The molecule has 3 heteroatoms. The number of hydrogen-bond acceptors (Lipinski definition) is 2. The first-order valence-electron chi connectivity index (χ1n) is 6.16. The first kappa shape index (κ1) is 12.7. The van der Waals surface area contributed by atoms with Gasteiger partial charge in [-0.1, -0.05) is 31.2 Å². The zero-order chi connectivity index (χ0) is 13.2. The van der Waals surface area contributed by atoms with Gasteiger partial charge in [-0.2, -0.15) is 0 Å². The molecule has 96 valence electrons. The van der Waals surface area contributed by atoms with E-state index in [-0.39, 0.29) is 0 Å². The summed E-state index contributed by atoms with van der Waals surface area (Å²) >= 11 is 0. The highest BCUT2D eigenvalue weighted by Gasteiger charge is 2.47. The van der Waals surface area contributed by atoms with Crippen molar-refractivity contribution in [1.29, 1.82) is 0 Å². The van der Waals surface area contributed by atoms with Gasteiger partial charge in [0.25, 0.3) is 0 Å². The van der Waals surface area contributed by atoms with E-state index in [1.165, 1.54) is 0 Å². The Kier molecular flexibility index (Phi) is 3.41. The minimum absolute atomic E-state index is 0.423. The predicted molar refractivity (Wildman–Crippen MR) is 69.9 cm³/mol. The fraction of sp³-hybridized carbons (Fsp3) is 0.400. The Morgan fingerprint density at radius 3 is 2.61 bits per heavy atom. The molecule has 0 aliphatic heterocycles. The minimum atomic E-state index is -0.750. The molecule has 1 saturated carbocycles. The molecule has 0 amide bonds. The number of para-hydroxylation sites is 1. The molecule has 1 N–H and O–H groups in total. The number of benzene rings is 1. The van der Waals surface area contributed by atoms with Gasteiger partial charge in [0.2, 0.25) is 0 Å². The fourth-order valence-electron chi connectivity index (χ4n) is 2.32. The monoisotopic (exact) mass is 246 g/mol. The van der Waals surface area contributed by atoms with Crippen LogP contribution in [0.5, 0.6) is 5.75 Å². The molecule has 0 spiro atoms. The van der Waals surface area contributed by atoms with Crippen LogP contribution in [-0.4, -0.2) is 17.7 Å². The lowest BCUT2D eigenvalue weighted by atomic mass is 9.64. The molecule has 0 saturated heterocycles. The molecular weight excluding hydrogens is 228 g/mol. The molecule has 1 fully saturated rings. The summed E-state index contributed by atoms with van der Waals surface area (Å²) in [5, 5.41) is 9.47. The van der Waals surface area contributed by atoms with Gasteiger partial charge in [-0.05, 0) is 31.4 Å². The molecule has 1 aliphatic carbocycles. The first-order chi connectivity index (χ1) is 8.56. The Bertz CT molecular complexity index is 472. The Morgan fingerprint density at radius 1 is 1.44 bits per heavy atom. The van der Waals surface area contributed by atoms with Gasteiger partial charge in [0, 0.05) is 5.56 Å². The van der Waals surface area contributed by atoms with Crippen molar-refractivity contribution in [3.8, 4) is 5.75 Å². The topological polar surface area (TPSA) is 46.5 Å². The van der Waals surface area contributed by atoms with E-state index in [2.05, 4.69) is 6.58 Å². The van der Waals surface area contributed by atoms with E-state index < -0.39 is 11.4 Å². The van der Waals surface area contributed by atoms with Crippen LogP contribution in [0.1, 0.15) is 31.7 Å². The van der Waals surface area contributed by atoms with Gasteiger partial charge in [0.15, 0.2) is 0 Å². The van der Waals surface area contributed by atoms with E-state index in [9.17, 15) is 9.90 Å². The number of ether oxygens (including phenoxy) is 1. The third-order valence-corrected chi connectivity index (χ3v) is 3.49. The lowest BCUT2D eigenvalue weighted by molar-refractivity contribution is -0.147. The number of carboxylic acids is 1. The van der Waals surface area contributed by atoms with Gasteiger partial charge in [0.05, 0.1) is 5.41 Å². The third-order valence-electron chi connectivity index (χ3n) is 3.49. The van der Waals surface area contributed by atoms with E-state index in [4.69, 9.17) is 4.74 Å². The summed E-state index contributed by atoms with van der Waals surface area (Å²) in [7, 11) is 0. The smallest absolute Gasteiger partial charge is 0.314 e. The molecule has 0 atom stereocenters. The second-order valence-corrected chi connectivity index (χ2v) is 4.98. The molecule has 1 aliphatic rings. The van der Waals surface area contributed by atoms with Crippen LogP contribution in [-0.2, 0) is 10.2 Å². The molecule has 3 nitrogen and oxygen atoms in total. The maximum atomic E-state index is 11.5. The quantitative estimate of drug-likeness (QED) is 0.812. The van der Waals surface area contributed by atoms with Gasteiger partial charge < -0.3 is 9.84 Å². The Hall–Kier alpha value is -1.77. The SMILES string of the molecule is C=C(C)COc1ccccc1C1(C(=O)O)CCC1. The van der Waals surface area contributed by atoms with Crippen LogP contribution < -0.4 is 4.74 Å². The number of carbonyl (C=O) groups is 1. The van der Waals surface area contributed by atoms with Crippen molar-refractivity contribution >= 4 is 5.97 Å². The predicted octanol–water partition coefficient (Wildman–Crippen LogP) is 3.15. The highest BCUT2D eigenvalue weighted by atomic mass is 16.5. The average Bonchev–Trinajstić information content (AvgIpc) is 2.25. The van der Waals surface area contributed by atoms with E-state index >= 15 is 0 Å². The van der Waals surface area contributed by atoms with Crippen LogP contribution in [0.2, 0.25) is 0 Å². The maximum absolute atomic E-state index is 11.5. The van der Waals surface area contributed by atoms with E-state index in [1.54, 1.807) is 0 Å². The lowest BCUT2D eigenvalue weighted by Gasteiger charge is -2.38. The second kappa shape index (κ2) is 4.84. The number of carboxylic acid groups (broad SMARTS) is 1. The summed E-state index contributed by atoms with van der Waals surface area (Å²) in [5.41, 5.74) is 0.971. The maximum Gasteiger partial charge on any atom is 0.314 e. The summed E-state index contributed by atoms with van der Waals surface area (Å²) in [5.74, 6) is -0.0808. The molecule has 0 unspecified atom stereocenters. The van der Waals surface area contributed by atoms with E-state index in [0.717, 1.165) is 17.6 Å². The standard InChI is InChI=1S/C15H18O3/c1-11(2)10-18-13-7-4-3-6-12(13)15(14(16)17)8-5-9-15/h3-4,6-7H,1,5,8-10H2,2H3,(H,16,17). The summed E-state index contributed by atoms with van der Waals surface area (Å²) < 4.78 is 5.67. The van der Waals surface area contributed by atoms with Crippen molar-refractivity contribution < 1.29 is 14.6 Å². The van der Waals surface area contributed by atoms with Crippen molar-refractivity contribution in [2.75, 3.05) is 6.61 Å². The number of aliphatic carboxylic acids is 1. The van der Waals surface area contributed by atoms with E-state index in [1.807, 2.05) is 31.2 Å². The van der Waals surface area contributed by atoms with Crippen molar-refractivity contribution in [3.05, 3.63) is 42.0 Å². The summed E-state index contributed by atoms with van der Waals surface area (Å²) in [6.45, 7) is 6.10. The molecule has 0 bridgehead atoms. The molecule has 1 aromatic carbocycles. The average molecular weight is 246 g/mol. The van der Waals surface area contributed by atoms with Crippen LogP contribution >= 0.6 is 0 Å². The third kappa shape index (κ3) is 2.13. The number of hydrogen-bond donors (Lipinski definition) is 1. The van der Waals surface area contributed by atoms with E-state index in [0.29, 0.717) is 25.2 Å². The van der Waals surface area contributed by atoms with Crippen molar-refractivity contribution in [1.82, 2.24) is 0 Å². The largest absolute Gasteiger partial charge is 0.489 e. The van der Waals surface area contributed by atoms with Gasteiger partial charge in [-0.15, -0.1) is 0 Å². The van der Waals surface area contributed by atoms with Crippen LogP contribution in [0, 0.1) is 0 Å². The Labute approximate surface area is 107 Å². The van der Waals surface area contributed by atoms with Crippen molar-refractivity contribution in [2.45, 2.75) is 31.6 Å². The van der Waals surface area contributed by atoms with Crippen molar-refractivity contribution in [3.63, 3.8) is 0 Å². The molecule has 0 heterocycles. The Balaban J connectivity index is 2.32. The fourth-order valence-corrected chi connectivity index (χ4v) is 2.32. The molecule has 2 rings (SSSR count). The first-order valence-corrected chi connectivity index (χ1v) is 6.16. The lowest BCUT2D eigenvalue weighted by Crippen LogP contribution is -2.42. The van der Waals surface area contributed by atoms with Crippen LogP contribution in [0.25, 0.3) is 0 Å². The van der Waals surface area contributed by atoms with Gasteiger partial charge in [-0.3, -0.25) is 4.79 Å². The zero-order valence-electron chi connectivity index (χ0n) is 10.6. The highest BCUT2D eigenvalue weighted by Crippen LogP contribution is 2.47. The zero-order valence-corrected chi connectivity index (χ0v) is 10.6. The normalized spacial score (nSPS) is 16.7. The van der Waals surface area contributed by atoms with Crippen molar-refractivity contribution in [2.24, 2.45) is 0 Å². The summed E-state index contributed by atoms with van der Waals surface area (Å²) in [6.07, 6.45) is 2.34. The summed E-state index contributed by atoms with van der Waals surface area (Å²) in [4.78, 5) is 11.5. The van der Waals surface area contributed by atoms with Crippen LogP contribution in [0.3, 0.4) is 0 Å². The summed E-state index contributed by atoms with van der Waals surface area (Å²) in [6, 6.07) is 7.43. The molecular formula is C15H18O3. The number of rotatable bonds is 5. The van der Waals surface area contributed by atoms with Gasteiger partial charge in [0.1, 0.15) is 12.4 Å². The minimum Gasteiger partial charge on any atom is -0.489 e.